The summed E-state index contributed by atoms with van der Waals surface area (Å²) in [5.41, 5.74) is -0.775. The predicted octanol–water partition coefficient (Wildman–Crippen LogP) is 1.97. The SMILES string of the molecule is COC(=O)c1cc(N2C(=O)C(=O)N(C(C)C)C2=O)c(F)cc1Cl. The summed E-state index contributed by atoms with van der Waals surface area (Å²) in [5, 5.41) is -0.246. The summed E-state index contributed by atoms with van der Waals surface area (Å²) >= 11 is 5.76. The minimum atomic E-state index is -1.21. The summed E-state index contributed by atoms with van der Waals surface area (Å²) in [6.45, 7) is 3.06. The lowest BCUT2D eigenvalue weighted by molar-refractivity contribution is -0.140. The lowest BCUT2D eigenvalue weighted by Crippen LogP contribution is -2.38. The molecule has 0 saturated carbocycles. The molecule has 1 fully saturated rings. The number of anilines is 1. The van der Waals surface area contributed by atoms with Crippen molar-refractivity contribution in [1.82, 2.24) is 4.90 Å². The van der Waals surface area contributed by atoms with E-state index < -0.39 is 41.4 Å². The molecule has 9 heteroatoms. The Kier molecular flexibility index (Phi) is 4.37. The second-order valence-corrected chi connectivity index (χ2v) is 5.37. The molecule has 1 aromatic carbocycles. The van der Waals surface area contributed by atoms with Crippen molar-refractivity contribution in [3.63, 3.8) is 0 Å². The second-order valence-electron chi connectivity index (χ2n) is 4.97. The van der Waals surface area contributed by atoms with Crippen LogP contribution >= 0.6 is 11.6 Å². The highest BCUT2D eigenvalue weighted by Crippen LogP contribution is 2.31. The molecule has 0 radical (unpaired) electrons. The summed E-state index contributed by atoms with van der Waals surface area (Å²) < 4.78 is 18.6. The van der Waals surface area contributed by atoms with Crippen LogP contribution in [0.1, 0.15) is 24.2 Å². The van der Waals surface area contributed by atoms with Crippen molar-refractivity contribution in [3.8, 4) is 0 Å². The minimum absolute atomic E-state index is 0.235. The first-order valence-corrected chi connectivity index (χ1v) is 6.87. The molecule has 0 unspecified atom stereocenters. The zero-order chi connectivity index (χ0) is 17.5. The van der Waals surface area contributed by atoms with Gasteiger partial charge in [-0.2, -0.15) is 0 Å². The van der Waals surface area contributed by atoms with Crippen molar-refractivity contribution >= 4 is 41.1 Å². The summed E-state index contributed by atoms with van der Waals surface area (Å²) in [5.74, 6) is -4.18. The molecule has 0 aliphatic carbocycles. The van der Waals surface area contributed by atoms with Gasteiger partial charge in [-0.1, -0.05) is 11.6 Å². The van der Waals surface area contributed by atoms with E-state index in [1.165, 1.54) is 13.8 Å². The van der Waals surface area contributed by atoms with E-state index in [1.807, 2.05) is 0 Å². The number of carbonyl (C=O) groups is 4. The van der Waals surface area contributed by atoms with Crippen LogP contribution < -0.4 is 4.90 Å². The van der Waals surface area contributed by atoms with Crippen LogP contribution in [0.15, 0.2) is 12.1 Å². The molecule has 4 amide bonds. The Morgan fingerprint density at radius 3 is 2.30 bits per heavy atom. The Balaban J connectivity index is 2.58. The highest BCUT2D eigenvalue weighted by atomic mass is 35.5. The minimum Gasteiger partial charge on any atom is -0.465 e. The third kappa shape index (κ3) is 2.65. The second kappa shape index (κ2) is 5.96. The number of esters is 1. The first-order valence-electron chi connectivity index (χ1n) is 6.49. The topological polar surface area (TPSA) is 84.0 Å². The van der Waals surface area contributed by atoms with Crippen LogP contribution in [0.2, 0.25) is 5.02 Å². The van der Waals surface area contributed by atoms with Crippen LogP contribution in [-0.4, -0.2) is 41.9 Å². The number of hydrogen-bond donors (Lipinski definition) is 0. The molecule has 2 rings (SSSR count). The van der Waals surface area contributed by atoms with Gasteiger partial charge in [-0.15, -0.1) is 0 Å². The summed E-state index contributed by atoms with van der Waals surface area (Å²) in [4.78, 5) is 48.8. The molecule has 1 aliphatic heterocycles. The first-order chi connectivity index (χ1) is 10.7. The molecule has 0 bridgehead atoms. The highest BCUT2D eigenvalue weighted by Gasteiger charge is 2.47. The fraction of sp³-hybridized carbons (Fsp3) is 0.286. The molecule has 122 valence electrons. The van der Waals surface area contributed by atoms with E-state index in [-0.39, 0.29) is 10.6 Å². The molecule has 7 nitrogen and oxygen atoms in total. The van der Waals surface area contributed by atoms with Gasteiger partial charge in [-0.3, -0.25) is 14.5 Å². The number of methoxy groups -OCH3 is 1. The Morgan fingerprint density at radius 2 is 1.83 bits per heavy atom. The molecule has 0 N–H and O–H groups in total. The van der Waals surface area contributed by atoms with E-state index >= 15 is 0 Å². The van der Waals surface area contributed by atoms with Crippen molar-refractivity contribution in [3.05, 3.63) is 28.5 Å². The molecule has 23 heavy (non-hydrogen) atoms. The largest absolute Gasteiger partial charge is 0.465 e. The maximum absolute atomic E-state index is 14.1. The van der Waals surface area contributed by atoms with E-state index in [1.54, 1.807) is 0 Å². The molecule has 0 atom stereocenters. The lowest BCUT2D eigenvalue weighted by Gasteiger charge is -2.19. The van der Waals surface area contributed by atoms with E-state index in [2.05, 4.69) is 4.74 Å². The summed E-state index contributed by atoms with van der Waals surface area (Å²) in [6, 6.07) is 0.0919. The van der Waals surface area contributed by atoms with Gasteiger partial charge in [-0.25, -0.2) is 18.9 Å². The quantitative estimate of drug-likeness (QED) is 0.476. The molecule has 1 saturated heterocycles. The number of ether oxygens (including phenoxy) is 1. The van der Waals surface area contributed by atoms with Crippen molar-refractivity contribution in [2.75, 3.05) is 12.0 Å². The lowest BCUT2D eigenvalue weighted by atomic mass is 10.1. The summed E-state index contributed by atoms with van der Waals surface area (Å²) in [6.07, 6.45) is 0. The Morgan fingerprint density at radius 1 is 1.22 bits per heavy atom. The van der Waals surface area contributed by atoms with Crippen LogP contribution in [0.25, 0.3) is 0 Å². The molecule has 1 aliphatic rings. The molecule has 1 aromatic rings. The van der Waals surface area contributed by atoms with Crippen LogP contribution in [0.3, 0.4) is 0 Å². The Labute approximate surface area is 135 Å². The van der Waals surface area contributed by atoms with Gasteiger partial charge in [0.05, 0.1) is 23.4 Å². The van der Waals surface area contributed by atoms with Gasteiger partial charge in [0.1, 0.15) is 5.82 Å². The maximum Gasteiger partial charge on any atom is 0.339 e. The number of halogens is 2. The normalized spacial score (nSPS) is 15.0. The monoisotopic (exact) mass is 342 g/mol. The fourth-order valence-electron chi connectivity index (χ4n) is 2.12. The van der Waals surface area contributed by atoms with E-state index in [0.717, 1.165) is 19.2 Å². The van der Waals surface area contributed by atoms with Gasteiger partial charge >= 0.3 is 23.8 Å². The summed E-state index contributed by atoms with van der Waals surface area (Å²) in [7, 11) is 1.10. The van der Waals surface area contributed by atoms with Gasteiger partial charge in [0, 0.05) is 6.04 Å². The van der Waals surface area contributed by atoms with Crippen molar-refractivity contribution in [2.24, 2.45) is 0 Å². The van der Waals surface area contributed by atoms with Crippen molar-refractivity contribution < 1.29 is 28.3 Å². The van der Waals surface area contributed by atoms with Crippen LogP contribution in [0.4, 0.5) is 14.9 Å². The predicted molar refractivity (Wildman–Crippen MR) is 77.6 cm³/mol. The Hall–Kier alpha value is -2.48. The van der Waals surface area contributed by atoms with E-state index in [0.29, 0.717) is 9.80 Å². The number of benzene rings is 1. The molecule has 1 heterocycles. The van der Waals surface area contributed by atoms with Gasteiger partial charge in [-0.05, 0) is 26.0 Å². The first kappa shape index (κ1) is 16.9. The van der Waals surface area contributed by atoms with Crippen LogP contribution in [0.5, 0.6) is 0 Å². The van der Waals surface area contributed by atoms with Gasteiger partial charge in [0.25, 0.3) is 0 Å². The smallest absolute Gasteiger partial charge is 0.339 e. The number of amides is 4. The maximum atomic E-state index is 14.1. The number of nitrogens with zero attached hydrogens (tertiary/aromatic N) is 2. The molecule has 0 spiro atoms. The van der Waals surface area contributed by atoms with Crippen LogP contribution in [0, 0.1) is 5.82 Å². The fourth-order valence-corrected chi connectivity index (χ4v) is 2.35. The average molecular weight is 343 g/mol. The Bertz CT molecular complexity index is 734. The van der Waals surface area contributed by atoms with E-state index in [9.17, 15) is 23.6 Å². The van der Waals surface area contributed by atoms with Gasteiger partial charge in [0.2, 0.25) is 0 Å². The molecule has 0 aromatic heterocycles. The average Bonchev–Trinajstić information content (AvgIpc) is 2.69. The molecular weight excluding hydrogens is 331 g/mol. The third-order valence-corrected chi connectivity index (χ3v) is 3.51. The van der Waals surface area contributed by atoms with E-state index in [4.69, 9.17) is 11.6 Å². The van der Waals surface area contributed by atoms with Crippen molar-refractivity contribution in [2.45, 2.75) is 19.9 Å². The third-order valence-electron chi connectivity index (χ3n) is 3.20. The number of hydrogen-bond acceptors (Lipinski definition) is 5. The zero-order valence-electron chi connectivity index (χ0n) is 12.4. The van der Waals surface area contributed by atoms with Crippen molar-refractivity contribution in [1.29, 1.82) is 0 Å². The number of rotatable bonds is 3. The number of carbonyl (C=O) groups excluding carboxylic acids is 4. The number of imide groups is 2. The zero-order valence-corrected chi connectivity index (χ0v) is 13.2. The standard InChI is InChI=1S/C14H12ClFN2O5/c1-6(2)17-11(19)12(20)18(14(17)22)10-4-7(13(21)23-3)8(15)5-9(10)16/h4-6H,1-3H3. The highest BCUT2D eigenvalue weighted by molar-refractivity contribution is 6.53. The van der Waals surface area contributed by atoms with Gasteiger partial charge in [0.15, 0.2) is 0 Å². The van der Waals surface area contributed by atoms with Gasteiger partial charge < -0.3 is 4.74 Å². The van der Waals surface area contributed by atoms with Crippen LogP contribution in [-0.2, 0) is 14.3 Å². The molecular formula is C14H12ClFN2O5. The number of urea groups is 1.